The van der Waals surface area contributed by atoms with Gasteiger partial charge in [-0.1, -0.05) is 36.4 Å². The van der Waals surface area contributed by atoms with Crippen LogP contribution in [0, 0.1) is 0 Å². The van der Waals surface area contributed by atoms with Crippen LogP contribution in [0.4, 0.5) is 5.69 Å². The number of rotatable bonds is 3. The van der Waals surface area contributed by atoms with E-state index in [1.807, 2.05) is 4.90 Å². The predicted molar refractivity (Wildman–Crippen MR) is 112 cm³/mol. The van der Waals surface area contributed by atoms with Crippen LogP contribution in [0.15, 0.2) is 48.5 Å². The minimum atomic E-state index is -0.413. The molecule has 0 aliphatic carbocycles. The molecule has 0 saturated carbocycles. The molecule has 5 nitrogen and oxygen atoms in total. The van der Waals surface area contributed by atoms with Gasteiger partial charge >= 0.3 is 0 Å². The molecule has 3 heterocycles. The van der Waals surface area contributed by atoms with Crippen molar-refractivity contribution in [2.75, 3.05) is 37.8 Å². The predicted octanol–water partition coefficient (Wildman–Crippen LogP) is 3.33. The molecule has 29 heavy (non-hydrogen) atoms. The zero-order chi connectivity index (χ0) is 19.6. The number of hydrogen-bond donors (Lipinski definition) is 0. The SMILES string of the molecule is O=C(C1COCCO1)N1CCC(c2ccc(N3Cc4ccccc4C3)cc2)CC1. The Labute approximate surface area is 172 Å². The number of nitrogens with zero attached hydrogens (tertiary/aromatic N) is 2. The zero-order valence-electron chi connectivity index (χ0n) is 16.8. The number of likely N-dealkylation sites (tertiary alicyclic amines) is 1. The Morgan fingerprint density at radius 1 is 0.897 bits per heavy atom. The lowest BCUT2D eigenvalue weighted by molar-refractivity contribution is -0.158. The number of carbonyl (C=O) groups is 1. The first-order chi connectivity index (χ1) is 14.3. The number of benzene rings is 2. The van der Waals surface area contributed by atoms with Gasteiger partial charge in [-0.3, -0.25) is 4.79 Å². The van der Waals surface area contributed by atoms with Gasteiger partial charge in [0.2, 0.25) is 0 Å². The molecule has 0 spiro atoms. The van der Waals surface area contributed by atoms with E-state index in [1.54, 1.807) is 0 Å². The van der Waals surface area contributed by atoms with E-state index in [2.05, 4.69) is 53.4 Å². The average Bonchev–Trinajstić information content (AvgIpc) is 3.24. The molecule has 0 bridgehead atoms. The average molecular weight is 392 g/mol. The van der Waals surface area contributed by atoms with Gasteiger partial charge < -0.3 is 19.3 Å². The van der Waals surface area contributed by atoms with E-state index < -0.39 is 6.10 Å². The van der Waals surface area contributed by atoms with E-state index >= 15 is 0 Å². The standard InChI is InChI=1S/C24H28N2O3/c27-24(23-17-28-13-14-29-23)25-11-9-19(10-12-25)18-5-7-22(8-6-18)26-15-20-3-1-2-4-21(20)16-26/h1-8,19,23H,9-17H2. The summed E-state index contributed by atoms with van der Waals surface area (Å²) < 4.78 is 11.0. The first-order valence-corrected chi connectivity index (χ1v) is 10.7. The molecule has 0 N–H and O–H groups in total. The Kier molecular flexibility index (Phi) is 5.25. The maximum absolute atomic E-state index is 12.6. The topological polar surface area (TPSA) is 42.0 Å². The van der Waals surface area contributed by atoms with E-state index in [0.29, 0.717) is 25.7 Å². The van der Waals surface area contributed by atoms with Crippen LogP contribution in [0.1, 0.15) is 35.4 Å². The molecule has 1 atom stereocenters. The highest BCUT2D eigenvalue weighted by molar-refractivity contribution is 5.81. The second kappa shape index (κ2) is 8.17. The van der Waals surface area contributed by atoms with Crippen molar-refractivity contribution in [2.24, 2.45) is 0 Å². The van der Waals surface area contributed by atoms with Crippen molar-refractivity contribution in [1.29, 1.82) is 0 Å². The van der Waals surface area contributed by atoms with Gasteiger partial charge in [0.05, 0.1) is 19.8 Å². The lowest BCUT2D eigenvalue weighted by Crippen LogP contribution is -2.47. The van der Waals surface area contributed by atoms with Crippen molar-refractivity contribution in [3.8, 4) is 0 Å². The lowest BCUT2D eigenvalue weighted by Gasteiger charge is -2.35. The summed E-state index contributed by atoms with van der Waals surface area (Å²) in [7, 11) is 0. The van der Waals surface area contributed by atoms with Gasteiger partial charge in [0.25, 0.3) is 5.91 Å². The van der Waals surface area contributed by atoms with Crippen molar-refractivity contribution < 1.29 is 14.3 Å². The molecule has 1 amide bonds. The third-order valence-electron chi connectivity index (χ3n) is 6.47. The highest BCUT2D eigenvalue weighted by Gasteiger charge is 2.31. The van der Waals surface area contributed by atoms with Crippen molar-refractivity contribution >= 4 is 11.6 Å². The normalized spacial score (nSPS) is 22.6. The van der Waals surface area contributed by atoms with Crippen LogP contribution in [0.5, 0.6) is 0 Å². The highest BCUT2D eigenvalue weighted by atomic mass is 16.6. The molecule has 0 radical (unpaired) electrons. The summed E-state index contributed by atoms with van der Waals surface area (Å²) in [5, 5.41) is 0. The first-order valence-electron chi connectivity index (χ1n) is 10.7. The fourth-order valence-electron chi connectivity index (χ4n) is 4.74. The van der Waals surface area contributed by atoms with Gasteiger partial charge in [0.15, 0.2) is 6.10 Å². The van der Waals surface area contributed by atoms with Crippen molar-refractivity contribution in [3.63, 3.8) is 0 Å². The summed E-state index contributed by atoms with van der Waals surface area (Å²) in [5.74, 6) is 0.611. The van der Waals surface area contributed by atoms with Gasteiger partial charge in [-0.15, -0.1) is 0 Å². The zero-order valence-corrected chi connectivity index (χ0v) is 16.8. The Bertz CT molecular complexity index is 828. The van der Waals surface area contributed by atoms with Crippen LogP contribution in [-0.4, -0.2) is 49.8 Å². The van der Waals surface area contributed by atoms with E-state index in [0.717, 1.165) is 39.0 Å². The fourth-order valence-corrected chi connectivity index (χ4v) is 4.74. The minimum absolute atomic E-state index is 0.0899. The third kappa shape index (κ3) is 3.89. The van der Waals surface area contributed by atoms with Gasteiger partial charge in [0.1, 0.15) is 0 Å². The molecule has 5 rings (SSSR count). The Hall–Kier alpha value is -2.37. The van der Waals surface area contributed by atoms with Crippen molar-refractivity contribution in [3.05, 3.63) is 65.2 Å². The van der Waals surface area contributed by atoms with Gasteiger partial charge in [0, 0.05) is 31.9 Å². The van der Waals surface area contributed by atoms with Crippen molar-refractivity contribution in [2.45, 2.75) is 38.0 Å². The number of hydrogen-bond acceptors (Lipinski definition) is 4. The summed E-state index contributed by atoms with van der Waals surface area (Å²) in [6, 6.07) is 17.8. The lowest BCUT2D eigenvalue weighted by atomic mass is 9.89. The quantitative estimate of drug-likeness (QED) is 0.804. The minimum Gasteiger partial charge on any atom is -0.376 e. The fraction of sp³-hybridized carbons (Fsp3) is 0.458. The number of carbonyl (C=O) groups excluding carboxylic acids is 1. The molecular weight excluding hydrogens is 364 g/mol. The largest absolute Gasteiger partial charge is 0.376 e. The highest BCUT2D eigenvalue weighted by Crippen LogP contribution is 2.32. The smallest absolute Gasteiger partial charge is 0.254 e. The van der Waals surface area contributed by atoms with Gasteiger partial charge in [-0.05, 0) is 47.6 Å². The van der Waals surface area contributed by atoms with Crippen molar-refractivity contribution in [1.82, 2.24) is 4.90 Å². The number of piperidine rings is 1. The number of fused-ring (bicyclic) bond motifs is 1. The Morgan fingerprint density at radius 3 is 2.21 bits per heavy atom. The maximum Gasteiger partial charge on any atom is 0.254 e. The summed E-state index contributed by atoms with van der Waals surface area (Å²) >= 11 is 0. The molecule has 1 unspecified atom stereocenters. The van der Waals surface area contributed by atoms with Crippen LogP contribution in [0.2, 0.25) is 0 Å². The number of anilines is 1. The Balaban J connectivity index is 1.17. The number of amides is 1. The van der Waals surface area contributed by atoms with E-state index in [1.165, 1.54) is 22.4 Å². The molecule has 3 aliphatic heterocycles. The molecule has 2 aromatic carbocycles. The van der Waals surface area contributed by atoms with E-state index in [-0.39, 0.29) is 5.91 Å². The molecule has 3 aliphatic rings. The van der Waals surface area contributed by atoms with Crippen LogP contribution < -0.4 is 4.90 Å². The second-order valence-corrected chi connectivity index (χ2v) is 8.25. The molecule has 2 saturated heterocycles. The molecule has 152 valence electrons. The van der Waals surface area contributed by atoms with Gasteiger partial charge in [-0.2, -0.15) is 0 Å². The summed E-state index contributed by atoms with van der Waals surface area (Å²) in [5.41, 5.74) is 5.53. The van der Waals surface area contributed by atoms with Crippen LogP contribution >= 0.6 is 0 Å². The van der Waals surface area contributed by atoms with Crippen LogP contribution in [0.3, 0.4) is 0 Å². The molecular formula is C24H28N2O3. The monoisotopic (exact) mass is 392 g/mol. The number of ether oxygens (including phenoxy) is 2. The summed E-state index contributed by atoms with van der Waals surface area (Å²) in [6.07, 6.45) is 1.60. The van der Waals surface area contributed by atoms with Crippen LogP contribution in [0.25, 0.3) is 0 Å². The maximum atomic E-state index is 12.6. The molecule has 2 fully saturated rings. The molecule has 2 aromatic rings. The first kappa shape index (κ1) is 18.6. The van der Waals surface area contributed by atoms with E-state index in [9.17, 15) is 4.79 Å². The van der Waals surface area contributed by atoms with Gasteiger partial charge in [-0.25, -0.2) is 0 Å². The summed E-state index contributed by atoms with van der Waals surface area (Å²) in [4.78, 5) is 17.0. The molecule has 0 aromatic heterocycles. The second-order valence-electron chi connectivity index (χ2n) is 8.25. The third-order valence-corrected chi connectivity index (χ3v) is 6.47. The van der Waals surface area contributed by atoms with Crippen LogP contribution in [-0.2, 0) is 27.4 Å². The summed E-state index contributed by atoms with van der Waals surface area (Å²) in [6.45, 7) is 5.07. The molecule has 5 heteroatoms. The van der Waals surface area contributed by atoms with E-state index in [4.69, 9.17) is 9.47 Å². The Morgan fingerprint density at radius 2 is 1.59 bits per heavy atom.